The minimum atomic E-state index is -3.70. The van der Waals surface area contributed by atoms with Gasteiger partial charge < -0.3 is 10.2 Å². The molecule has 8 heteroatoms. The Kier molecular flexibility index (Phi) is 7.39. The molecule has 0 aliphatic carbocycles. The minimum absolute atomic E-state index is 0.194. The molecule has 0 bridgehead atoms. The Bertz CT molecular complexity index is 944. The lowest BCUT2D eigenvalue weighted by atomic mass is 10.1. The number of nitrogens with one attached hydrogen (secondary N) is 1. The van der Waals surface area contributed by atoms with Gasteiger partial charge in [0.1, 0.15) is 12.6 Å². The molecule has 7 nitrogen and oxygen atoms in total. The second-order valence-electron chi connectivity index (χ2n) is 6.90. The number of likely N-dealkylation sites (N-methyl/N-ethyl adjacent to an activating group) is 1. The van der Waals surface area contributed by atoms with Crippen LogP contribution in [0, 0.1) is 6.92 Å². The van der Waals surface area contributed by atoms with Crippen LogP contribution in [0.25, 0.3) is 0 Å². The number of carbonyl (C=O) groups excluding carboxylic acids is 2. The van der Waals surface area contributed by atoms with Gasteiger partial charge in [0.25, 0.3) is 0 Å². The van der Waals surface area contributed by atoms with Gasteiger partial charge in [-0.2, -0.15) is 0 Å². The van der Waals surface area contributed by atoms with Gasteiger partial charge in [0.2, 0.25) is 21.8 Å². The van der Waals surface area contributed by atoms with Crippen molar-refractivity contribution in [3.8, 4) is 0 Å². The largest absolute Gasteiger partial charge is 0.357 e. The molecule has 2 rings (SSSR count). The first-order chi connectivity index (χ1) is 13.6. The highest BCUT2D eigenvalue weighted by Gasteiger charge is 2.29. The number of hydrogen-bond donors (Lipinski definition) is 1. The molecule has 0 heterocycles. The minimum Gasteiger partial charge on any atom is -0.357 e. The molecule has 0 fully saturated rings. The fourth-order valence-electron chi connectivity index (χ4n) is 2.90. The van der Waals surface area contributed by atoms with Crippen molar-refractivity contribution >= 4 is 27.5 Å². The van der Waals surface area contributed by atoms with E-state index in [4.69, 9.17) is 0 Å². The zero-order valence-corrected chi connectivity index (χ0v) is 17.9. The van der Waals surface area contributed by atoms with Crippen molar-refractivity contribution < 1.29 is 18.0 Å². The predicted octanol–water partition coefficient (Wildman–Crippen LogP) is 1.92. The molecular formula is C21H27N3O4S. The third kappa shape index (κ3) is 6.05. The van der Waals surface area contributed by atoms with Gasteiger partial charge >= 0.3 is 0 Å². The van der Waals surface area contributed by atoms with Gasteiger partial charge in [-0.25, -0.2) is 8.42 Å². The smallest absolute Gasteiger partial charge is 0.244 e. The second-order valence-corrected chi connectivity index (χ2v) is 8.81. The van der Waals surface area contributed by atoms with Gasteiger partial charge in [-0.15, -0.1) is 0 Å². The van der Waals surface area contributed by atoms with Gasteiger partial charge in [0.15, 0.2) is 0 Å². The van der Waals surface area contributed by atoms with Crippen LogP contribution < -0.4 is 9.62 Å². The first kappa shape index (κ1) is 22.4. The molecule has 1 atom stereocenters. The number of amides is 2. The molecule has 0 saturated heterocycles. The quantitative estimate of drug-likeness (QED) is 0.711. The number of carbonyl (C=O) groups is 2. The topological polar surface area (TPSA) is 86.8 Å². The zero-order chi connectivity index (χ0) is 21.6. The molecule has 0 aromatic heterocycles. The molecule has 0 unspecified atom stereocenters. The molecule has 0 spiro atoms. The average molecular weight is 418 g/mol. The van der Waals surface area contributed by atoms with Crippen molar-refractivity contribution in [2.75, 3.05) is 24.2 Å². The predicted molar refractivity (Wildman–Crippen MR) is 114 cm³/mol. The van der Waals surface area contributed by atoms with E-state index < -0.39 is 28.5 Å². The lowest BCUT2D eigenvalue weighted by Gasteiger charge is -2.31. The van der Waals surface area contributed by atoms with E-state index in [1.165, 1.54) is 11.9 Å². The summed E-state index contributed by atoms with van der Waals surface area (Å²) in [6.45, 7) is 3.32. The molecule has 0 radical (unpaired) electrons. The molecule has 2 aromatic carbocycles. The van der Waals surface area contributed by atoms with Crippen LogP contribution >= 0.6 is 0 Å². The van der Waals surface area contributed by atoms with Crippen molar-refractivity contribution in [1.29, 1.82) is 0 Å². The fourth-order valence-corrected chi connectivity index (χ4v) is 3.75. The fraction of sp³-hybridized carbons (Fsp3) is 0.333. The van der Waals surface area contributed by atoms with Gasteiger partial charge in [-0.3, -0.25) is 13.9 Å². The van der Waals surface area contributed by atoms with Gasteiger partial charge in [-0.05, 0) is 31.5 Å². The van der Waals surface area contributed by atoms with Crippen LogP contribution in [0.3, 0.4) is 0 Å². The maximum atomic E-state index is 13.1. The van der Waals surface area contributed by atoms with Crippen molar-refractivity contribution in [2.24, 2.45) is 0 Å². The monoisotopic (exact) mass is 417 g/mol. The molecular weight excluding hydrogens is 390 g/mol. The summed E-state index contributed by atoms with van der Waals surface area (Å²) in [6.07, 6.45) is 1.06. The van der Waals surface area contributed by atoms with Crippen molar-refractivity contribution in [3.63, 3.8) is 0 Å². The first-order valence-corrected chi connectivity index (χ1v) is 11.1. The van der Waals surface area contributed by atoms with Crippen LogP contribution in [-0.4, -0.2) is 51.0 Å². The van der Waals surface area contributed by atoms with E-state index in [0.29, 0.717) is 5.69 Å². The van der Waals surface area contributed by atoms with Crippen LogP contribution in [0.15, 0.2) is 54.6 Å². The van der Waals surface area contributed by atoms with Crippen LogP contribution in [0.5, 0.6) is 0 Å². The Morgan fingerprint density at radius 1 is 1.03 bits per heavy atom. The summed E-state index contributed by atoms with van der Waals surface area (Å²) >= 11 is 0. The number of aryl methyl sites for hydroxylation is 1. The van der Waals surface area contributed by atoms with Gasteiger partial charge in [0.05, 0.1) is 11.9 Å². The summed E-state index contributed by atoms with van der Waals surface area (Å²) in [7, 11) is -2.20. The normalized spacial score (nSPS) is 12.1. The van der Waals surface area contributed by atoms with Crippen LogP contribution in [0.1, 0.15) is 18.1 Å². The zero-order valence-electron chi connectivity index (χ0n) is 17.1. The SMILES string of the molecule is CNC(=O)[C@H](C)N(Cc1ccccc1)C(=O)CN(c1ccc(C)cc1)S(C)(=O)=O. The maximum absolute atomic E-state index is 13.1. The number of nitrogens with zero attached hydrogens (tertiary/aromatic N) is 2. The lowest BCUT2D eigenvalue weighted by molar-refractivity contribution is -0.139. The van der Waals surface area contributed by atoms with Gasteiger partial charge in [0, 0.05) is 13.6 Å². The van der Waals surface area contributed by atoms with E-state index in [2.05, 4.69) is 5.32 Å². The molecule has 156 valence electrons. The molecule has 0 aliphatic rings. The lowest BCUT2D eigenvalue weighted by Crippen LogP contribution is -2.50. The van der Waals surface area contributed by atoms with Crippen LogP contribution in [0.4, 0.5) is 5.69 Å². The van der Waals surface area contributed by atoms with Crippen LogP contribution in [0.2, 0.25) is 0 Å². The van der Waals surface area contributed by atoms with E-state index in [0.717, 1.165) is 21.7 Å². The number of hydrogen-bond acceptors (Lipinski definition) is 4. The van der Waals surface area contributed by atoms with Crippen molar-refractivity contribution in [2.45, 2.75) is 26.4 Å². The Labute approximate surface area is 172 Å². The highest BCUT2D eigenvalue weighted by molar-refractivity contribution is 7.92. The Morgan fingerprint density at radius 2 is 1.62 bits per heavy atom. The third-order valence-corrected chi connectivity index (χ3v) is 5.75. The maximum Gasteiger partial charge on any atom is 0.244 e. The summed E-state index contributed by atoms with van der Waals surface area (Å²) in [5.74, 6) is -0.786. The van der Waals surface area contributed by atoms with Gasteiger partial charge in [-0.1, -0.05) is 48.0 Å². The summed E-state index contributed by atoms with van der Waals surface area (Å²) in [4.78, 5) is 26.7. The summed E-state index contributed by atoms with van der Waals surface area (Å²) in [5.41, 5.74) is 2.23. The van der Waals surface area contributed by atoms with E-state index in [1.807, 2.05) is 37.3 Å². The summed E-state index contributed by atoms with van der Waals surface area (Å²) in [6, 6.07) is 15.4. The number of rotatable bonds is 8. The average Bonchev–Trinajstić information content (AvgIpc) is 2.69. The molecule has 29 heavy (non-hydrogen) atoms. The first-order valence-electron chi connectivity index (χ1n) is 9.23. The molecule has 1 N–H and O–H groups in total. The summed E-state index contributed by atoms with van der Waals surface area (Å²) in [5, 5.41) is 2.54. The number of benzene rings is 2. The highest BCUT2D eigenvalue weighted by Crippen LogP contribution is 2.19. The van der Waals surface area contributed by atoms with Crippen molar-refractivity contribution in [3.05, 3.63) is 65.7 Å². The molecule has 2 amide bonds. The van der Waals surface area contributed by atoms with E-state index in [9.17, 15) is 18.0 Å². The molecule has 0 saturated carbocycles. The highest BCUT2D eigenvalue weighted by atomic mass is 32.2. The number of sulfonamides is 1. The second kappa shape index (κ2) is 9.56. The van der Waals surface area contributed by atoms with Crippen molar-refractivity contribution in [1.82, 2.24) is 10.2 Å². The van der Waals surface area contributed by atoms with E-state index in [-0.39, 0.29) is 12.5 Å². The Balaban J connectivity index is 2.34. The summed E-state index contributed by atoms with van der Waals surface area (Å²) < 4.78 is 25.8. The number of anilines is 1. The standard InChI is InChI=1S/C21H27N3O4S/c1-16-10-12-19(13-11-16)24(29(4,27)28)15-20(25)23(17(2)21(26)22-3)14-18-8-6-5-7-9-18/h5-13,17H,14-15H2,1-4H3,(H,22,26)/t17-/m0/s1. The third-order valence-electron chi connectivity index (χ3n) is 4.61. The Morgan fingerprint density at radius 3 is 2.14 bits per heavy atom. The van der Waals surface area contributed by atoms with E-state index in [1.54, 1.807) is 31.2 Å². The van der Waals surface area contributed by atoms with Crippen LogP contribution in [-0.2, 0) is 26.2 Å². The molecule has 2 aromatic rings. The Hall–Kier alpha value is -2.87. The molecule has 0 aliphatic heterocycles. The van der Waals surface area contributed by atoms with E-state index >= 15 is 0 Å².